The molecule has 3 aromatic rings. The van der Waals surface area contributed by atoms with Crippen LogP contribution in [0.4, 0.5) is 10.8 Å². The monoisotopic (exact) mass is 429 g/mol. The van der Waals surface area contributed by atoms with Gasteiger partial charge in [-0.1, -0.05) is 18.7 Å². The Bertz CT molecular complexity index is 1200. The van der Waals surface area contributed by atoms with Crippen molar-refractivity contribution < 1.29 is 9.59 Å². The highest BCUT2D eigenvalue weighted by atomic mass is 32.1. The Morgan fingerprint density at radius 2 is 1.87 bits per heavy atom. The fourth-order valence-corrected chi connectivity index (χ4v) is 5.16. The maximum Gasteiger partial charge on any atom is 0.257 e. The fraction of sp³-hybridized carbons (Fsp3) is 0.240. The summed E-state index contributed by atoms with van der Waals surface area (Å²) < 4.78 is 0. The molecule has 1 N–H and O–H groups in total. The van der Waals surface area contributed by atoms with Crippen LogP contribution < -0.4 is 10.2 Å². The van der Waals surface area contributed by atoms with Crippen LogP contribution >= 0.6 is 11.3 Å². The van der Waals surface area contributed by atoms with E-state index in [-0.39, 0.29) is 11.8 Å². The summed E-state index contributed by atoms with van der Waals surface area (Å²) >= 11 is 1.43. The summed E-state index contributed by atoms with van der Waals surface area (Å²) in [5.74, 6) is -0.301. The van der Waals surface area contributed by atoms with Gasteiger partial charge in [0.05, 0.1) is 5.69 Å². The van der Waals surface area contributed by atoms with E-state index in [1.54, 1.807) is 11.0 Å². The normalized spacial score (nSPS) is 14.6. The molecule has 1 aromatic heterocycles. The predicted octanol–water partition coefficient (Wildman–Crippen LogP) is 5.02. The van der Waals surface area contributed by atoms with Crippen LogP contribution in [0.5, 0.6) is 0 Å². The summed E-state index contributed by atoms with van der Waals surface area (Å²) in [5.41, 5.74) is 7.27. The first-order valence-corrected chi connectivity index (χ1v) is 11.5. The van der Waals surface area contributed by atoms with E-state index >= 15 is 0 Å². The second-order valence-electron chi connectivity index (χ2n) is 7.97. The average molecular weight is 430 g/mol. The second kappa shape index (κ2) is 8.12. The van der Waals surface area contributed by atoms with Crippen molar-refractivity contribution in [1.82, 2.24) is 4.98 Å². The first-order chi connectivity index (χ1) is 15.1. The number of rotatable bonds is 4. The van der Waals surface area contributed by atoms with E-state index in [9.17, 15) is 9.59 Å². The zero-order valence-corrected chi connectivity index (χ0v) is 18.0. The van der Waals surface area contributed by atoms with Crippen molar-refractivity contribution in [3.8, 4) is 11.3 Å². The molecule has 1 aliphatic heterocycles. The van der Waals surface area contributed by atoms with E-state index in [2.05, 4.69) is 35.1 Å². The number of hydrogen-bond acceptors (Lipinski definition) is 4. The standard InChI is InChI=1S/C25H23N3O2S/c1-2-23(29)28-12-4-7-19-14-20(10-11-22(19)28)24(30)27-25-26-21(15-31-25)18-9-8-16-5-3-6-17(16)13-18/h2,8-11,13-15H,1,3-7,12H2,(H,26,27,30). The number of carbonyl (C=O) groups is 2. The molecule has 0 radical (unpaired) electrons. The number of amides is 2. The van der Waals surface area contributed by atoms with Crippen molar-refractivity contribution in [2.24, 2.45) is 0 Å². The van der Waals surface area contributed by atoms with E-state index in [0.717, 1.165) is 48.2 Å². The van der Waals surface area contributed by atoms with Gasteiger partial charge in [0.15, 0.2) is 5.13 Å². The Kier molecular flexibility index (Phi) is 5.16. The molecule has 0 saturated heterocycles. The molecule has 156 valence electrons. The highest BCUT2D eigenvalue weighted by molar-refractivity contribution is 7.14. The number of nitrogens with zero attached hydrogens (tertiary/aromatic N) is 2. The number of benzene rings is 2. The summed E-state index contributed by atoms with van der Waals surface area (Å²) in [5, 5.41) is 5.49. The van der Waals surface area contributed by atoms with Gasteiger partial charge in [0, 0.05) is 28.7 Å². The molecule has 0 saturated carbocycles. The lowest BCUT2D eigenvalue weighted by Gasteiger charge is -2.28. The molecule has 0 atom stereocenters. The van der Waals surface area contributed by atoms with Gasteiger partial charge < -0.3 is 4.90 Å². The Morgan fingerprint density at radius 1 is 1.03 bits per heavy atom. The molecule has 0 unspecified atom stereocenters. The summed E-state index contributed by atoms with van der Waals surface area (Å²) in [4.78, 5) is 31.3. The van der Waals surface area contributed by atoms with Crippen molar-refractivity contribution in [1.29, 1.82) is 0 Å². The van der Waals surface area contributed by atoms with Crippen LogP contribution in [0.2, 0.25) is 0 Å². The highest BCUT2D eigenvalue weighted by Gasteiger charge is 2.22. The Hall–Kier alpha value is -3.25. The largest absolute Gasteiger partial charge is 0.309 e. The van der Waals surface area contributed by atoms with Gasteiger partial charge in [0.1, 0.15) is 0 Å². The summed E-state index contributed by atoms with van der Waals surface area (Å²) in [7, 11) is 0. The number of hydrogen-bond donors (Lipinski definition) is 1. The Labute approximate surface area is 185 Å². The minimum Gasteiger partial charge on any atom is -0.309 e. The molecular formula is C25H23N3O2S. The van der Waals surface area contributed by atoms with Crippen molar-refractivity contribution in [2.75, 3.05) is 16.8 Å². The number of thiazole rings is 1. The molecule has 2 heterocycles. The van der Waals surface area contributed by atoms with E-state index in [4.69, 9.17) is 0 Å². The maximum atomic E-state index is 12.8. The smallest absolute Gasteiger partial charge is 0.257 e. The molecule has 0 spiro atoms. The van der Waals surface area contributed by atoms with E-state index in [1.807, 2.05) is 17.5 Å². The van der Waals surface area contributed by atoms with Gasteiger partial charge in [-0.2, -0.15) is 0 Å². The van der Waals surface area contributed by atoms with E-state index in [1.165, 1.54) is 35.0 Å². The van der Waals surface area contributed by atoms with Crippen molar-refractivity contribution in [3.05, 3.63) is 76.7 Å². The number of anilines is 2. The number of aromatic nitrogens is 1. The zero-order chi connectivity index (χ0) is 21.4. The van der Waals surface area contributed by atoms with Crippen molar-refractivity contribution in [2.45, 2.75) is 32.1 Å². The lowest BCUT2D eigenvalue weighted by Crippen LogP contribution is -2.34. The van der Waals surface area contributed by atoms with Gasteiger partial charge in [-0.25, -0.2) is 4.98 Å². The summed E-state index contributed by atoms with van der Waals surface area (Å²) in [6.07, 6.45) is 6.55. The summed E-state index contributed by atoms with van der Waals surface area (Å²) in [6, 6.07) is 12.0. The van der Waals surface area contributed by atoms with E-state index < -0.39 is 0 Å². The van der Waals surface area contributed by atoms with Crippen LogP contribution in [0.25, 0.3) is 11.3 Å². The van der Waals surface area contributed by atoms with Gasteiger partial charge in [-0.05, 0) is 79.1 Å². The van der Waals surface area contributed by atoms with Crippen LogP contribution in [-0.2, 0) is 24.1 Å². The summed E-state index contributed by atoms with van der Waals surface area (Å²) in [6.45, 7) is 4.26. The van der Waals surface area contributed by atoms with Crippen LogP contribution in [0.15, 0.2) is 54.4 Å². The number of carbonyl (C=O) groups excluding carboxylic acids is 2. The molecule has 1 aliphatic carbocycles. The lowest BCUT2D eigenvalue weighted by atomic mass is 9.99. The minimum atomic E-state index is -0.190. The number of aryl methyl sites for hydroxylation is 3. The van der Waals surface area contributed by atoms with Gasteiger partial charge in [-0.3, -0.25) is 14.9 Å². The predicted molar refractivity (Wildman–Crippen MR) is 125 cm³/mol. The molecule has 6 heteroatoms. The molecule has 31 heavy (non-hydrogen) atoms. The SMILES string of the molecule is C=CC(=O)N1CCCc2cc(C(=O)Nc3nc(-c4ccc5c(c4)CCC5)cs3)ccc21. The quantitative estimate of drug-likeness (QED) is 0.593. The molecule has 2 aliphatic rings. The fourth-order valence-electron chi connectivity index (χ4n) is 4.44. The zero-order valence-electron chi connectivity index (χ0n) is 17.2. The first kappa shape index (κ1) is 19.7. The first-order valence-electron chi connectivity index (χ1n) is 10.6. The van der Waals surface area contributed by atoms with Crippen molar-refractivity contribution >= 4 is 34.0 Å². The minimum absolute atomic E-state index is 0.111. The third kappa shape index (κ3) is 3.79. The lowest BCUT2D eigenvalue weighted by molar-refractivity contribution is -0.114. The Balaban J connectivity index is 1.33. The van der Waals surface area contributed by atoms with Gasteiger partial charge in [0.2, 0.25) is 5.91 Å². The van der Waals surface area contributed by atoms with Crippen LogP contribution in [0, 0.1) is 0 Å². The molecule has 5 nitrogen and oxygen atoms in total. The number of nitrogens with one attached hydrogen (secondary N) is 1. The third-order valence-electron chi connectivity index (χ3n) is 6.02. The van der Waals surface area contributed by atoms with Crippen LogP contribution in [0.1, 0.15) is 39.9 Å². The van der Waals surface area contributed by atoms with Gasteiger partial charge in [0.25, 0.3) is 5.91 Å². The van der Waals surface area contributed by atoms with E-state index in [0.29, 0.717) is 17.2 Å². The Morgan fingerprint density at radius 3 is 2.74 bits per heavy atom. The highest BCUT2D eigenvalue weighted by Crippen LogP contribution is 2.31. The van der Waals surface area contributed by atoms with Gasteiger partial charge in [-0.15, -0.1) is 11.3 Å². The number of fused-ring (bicyclic) bond motifs is 2. The molecule has 0 bridgehead atoms. The molecule has 2 amide bonds. The molecule has 5 rings (SSSR count). The maximum absolute atomic E-state index is 12.8. The molecular weight excluding hydrogens is 406 g/mol. The molecule has 0 fully saturated rings. The van der Waals surface area contributed by atoms with Crippen molar-refractivity contribution in [3.63, 3.8) is 0 Å². The van der Waals surface area contributed by atoms with Crippen LogP contribution in [-0.4, -0.2) is 23.3 Å². The average Bonchev–Trinajstić information content (AvgIpc) is 3.46. The van der Waals surface area contributed by atoms with Crippen LogP contribution in [0.3, 0.4) is 0 Å². The second-order valence-corrected chi connectivity index (χ2v) is 8.83. The third-order valence-corrected chi connectivity index (χ3v) is 6.78. The molecule has 2 aromatic carbocycles. The van der Waals surface area contributed by atoms with Gasteiger partial charge >= 0.3 is 0 Å². The topological polar surface area (TPSA) is 62.3 Å².